The number of nitrogens with two attached hydrogens (primary N) is 3. The lowest BCUT2D eigenvalue weighted by atomic mass is 9.48. The van der Waals surface area contributed by atoms with Gasteiger partial charge in [-0.25, -0.2) is 0 Å². The zero-order valence-electron chi connectivity index (χ0n) is 31.1. The van der Waals surface area contributed by atoms with E-state index in [4.69, 9.17) is 36.1 Å². The molecule has 0 spiro atoms. The third kappa shape index (κ3) is 10.6. The van der Waals surface area contributed by atoms with Crippen LogP contribution >= 0.6 is 0 Å². The number of rotatable bonds is 23. The van der Waals surface area contributed by atoms with Gasteiger partial charge in [-0.05, 0) is 150 Å². The summed E-state index contributed by atoms with van der Waals surface area (Å²) < 4.78 is 26.2. The van der Waals surface area contributed by atoms with Crippen LogP contribution in [-0.4, -0.2) is 71.0 Å². The molecule has 8 atom stereocenters. The Bertz CT molecular complexity index is 806. The van der Waals surface area contributed by atoms with Crippen molar-refractivity contribution in [2.24, 2.45) is 63.5 Å². The third-order valence-electron chi connectivity index (χ3n) is 12.8. The van der Waals surface area contributed by atoms with E-state index in [-0.39, 0.29) is 23.0 Å². The minimum atomic E-state index is 0.136. The molecule has 0 amide bonds. The molecule has 3 rings (SSSR count). The molecule has 272 valence electrons. The first kappa shape index (κ1) is 40.2. The molecular formula is C39H77N3O4. The number of hydrogen-bond acceptors (Lipinski definition) is 7. The molecule has 3 saturated carbocycles. The molecule has 3 fully saturated rings. The van der Waals surface area contributed by atoms with Crippen molar-refractivity contribution in [3.05, 3.63) is 0 Å². The van der Waals surface area contributed by atoms with E-state index >= 15 is 0 Å². The Morgan fingerprint density at radius 2 is 1.37 bits per heavy atom. The molecule has 46 heavy (non-hydrogen) atoms. The summed E-state index contributed by atoms with van der Waals surface area (Å²) >= 11 is 0. The Morgan fingerprint density at radius 1 is 0.717 bits per heavy atom. The number of ether oxygens (including phenoxy) is 4. The van der Waals surface area contributed by atoms with E-state index in [1.165, 1.54) is 32.1 Å². The molecule has 2 unspecified atom stereocenters. The molecule has 0 aliphatic heterocycles. The van der Waals surface area contributed by atoms with Crippen molar-refractivity contribution < 1.29 is 18.9 Å². The SMILES string of the molecule is CC[C@@H](OCCCN)C1[C@@H]2CC[C@H]([C@H](C)CCCOCCC(C)C)C2(C)[C@@H](OCCCN)C[C@@H]1[C@]1(C)CC[C@H](OCCCN)CC1. The van der Waals surface area contributed by atoms with Crippen molar-refractivity contribution in [1.29, 1.82) is 0 Å². The van der Waals surface area contributed by atoms with Gasteiger partial charge in [0.05, 0.1) is 18.3 Å². The topological polar surface area (TPSA) is 115 Å². The summed E-state index contributed by atoms with van der Waals surface area (Å²) in [6.45, 7) is 20.8. The fourth-order valence-electron chi connectivity index (χ4n) is 10.1. The van der Waals surface area contributed by atoms with E-state index in [0.29, 0.717) is 61.2 Å². The second kappa shape index (κ2) is 20.4. The Balaban J connectivity index is 1.86. The van der Waals surface area contributed by atoms with Crippen LogP contribution in [0.25, 0.3) is 0 Å². The second-order valence-electron chi connectivity index (χ2n) is 16.3. The highest BCUT2D eigenvalue weighted by atomic mass is 16.5. The molecule has 3 aliphatic rings. The van der Waals surface area contributed by atoms with Gasteiger partial charge in [0.25, 0.3) is 0 Å². The average molecular weight is 652 g/mol. The maximum atomic E-state index is 7.02. The summed E-state index contributed by atoms with van der Waals surface area (Å²) in [5, 5.41) is 0. The summed E-state index contributed by atoms with van der Waals surface area (Å²) in [5.74, 6) is 3.72. The molecule has 0 aromatic carbocycles. The van der Waals surface area contributed by atoms with Gasteiger partial charge in [0, 0.05) is 38.4 Å². The summed E-state index contributed by atoms with van der Waals surface area (Å²) in [6, 6.07) is 0. The standard InChI is InChI=1S/C39H77N3O4/c1-7-35(45-25-10-21-41)37-33-14-13-32(30(4)12-8-23-43-27-17-29(2)3)39(33,6)36(46-26-11-22-42)28-34(37)38(5)18-15-31(16-19-38)44-24-9-20-40/h29-37H,7-28,40-42H2,1-6H3/t30-,31-,32-,33+,34+,35-,36+,37?,38+,39?/m1/s1. The molecule has 0 radical (unpaired) electrons. The van der Waals surface area contributed by atoms with Gasteiger partial charge in [0.1, 0.15) is 0 Å². The van der Waals surface area contributed by atoms with Crippen LogP contribution in [0.1, 0.15) is 131 Å². The lowest BCUT2D eigenvalue weighted by Gasteiger charge is -2.60. The van der Waals surface area contributed by atoms with Gasteiger partial charge in [-0.1, -0.05) is 41.5 Å². The molecular weight excluding hydrogens is 574 g/mol. The van der Waals surface area contributed by atoms with Crippen LogP contribution in [-0.2, 0) is 18.9 Å². The predicted octanol–water partition coefficient (Wildman–Crippen LogP) is 7.33. The molecule has 6 N–H and O–H groups in total. The predicted molar refractivity (Wildman–Crippen MR) is 192 cm³/mol. The van der Waals surface area contributed by atoms with Crippen molar-refractivity contribution in [2.45, 2.75) is 150 Å². The monoisotopic (exact) mass is 652 g/mol. The van der Waals surface area contributed by atoms with Crippen molar-refractivity contribution in [3.63, 3.8) is 0 Å². The maximum absolute atomic E-state index is 7.02. The minimum Gasteiger partial charge on any atom is -0.381 e. The van der Waals surface area contributed by atoms with Crippen LogP contribution in [0.3, 0.4) is 0 Å². The zero-order valence-corrected chi connectivity index (χ0v) is 31.1. The quantitative estimate of drug-likeness (QED) is 0.0992. The van der Waals surface area contributed by atoms with Gasteiger partial charge in [-0.2, -0.15) is 0 Å². The molecule has 0 saturated heterocycles. The second-order valence-corrected chi connectivity index (χ2v) is 16.3. The molecule has 0 bridgehead atoms. The van der Waals surface area contributed by atoms with Crippen LogP contribution in [0, 0.1) is 46.3 Å². The molecule has 7 heteroatoms. The van der Waals surface area contributed by atoms with Crippen molar-refractivity contribution >= 4 is 0 Å². The Kier molecular flexibility index (Phi) is 17.8. The van der Waals surface area contributed by atoms with Crippen LogP contribution in [0.5, 0.6) is 0 Å². The van der Waals surface area contributed by atoms with Gasteiger partial charge < -0.3 is 36.1 Å². The van der Waals surface area contributed by atoms with E-state index in [2.05, 4.69) is 41.5 Å². The molecule has 7 nitrogen and oxygen atoms in total. The van der Waals surface area contributed by atoms with Crippen LogP contribution < -0.4 is 17.2 Å². The van der Waals surface area contributed by atoms with E-state index < -0.39 is 0 Å². The van der Waals surface area contributed by atoms with Gasteiger partial charge in [-0.15, -0.1) is 0 Å². The van der Waals surface area contributed by atoms with E-state index in [1.807, 2.05) is 0 Å². The largest absolute Gasteiger partial charge is 0.381 e. The van der Waals surface area contributed by atoms with Crippen molar-refractivity contribution in [3.8, 4) is 0 Å². The lowest BCUT2D eigenvalue weighted by molar-refractivity contribution is -0.192. The number of hydrogen-bond donors (Lipinski definition) is 3. The lowest BCUT2D eigenvalue weighted by Crippen LogP contribution is -2.59. The first-order chi connectivity index (χ1) is 22.2. The summed E-state index contributed by atoms with van der Waals surface area (Å²) in [7, 11) is 0. The summed E-state index contributed by atoms with van der Waals surface area (Å²) in [4.78, 5) is 0. The van der Waals surface area contributed by atoms with Crippen molar-refractivity contribution in [2.75, 3.05) is 52.7 Å². The van der Waals surface area contributed by atoms with E-state index in [0.717, 1.165) is 90.8 Å². The van der Waals surface area contributed by atoms with Crippen LogP contribution in [0.4, 0.5) is 0 Å². The van der Waals surface area contributed by atoms with Crippen molar-refractivity contribution in [1.82, 2.24) is 0 Å². The molecule has 3 aliphatic carbocycles. The highest BCUT2D eigenvalue weighted by Crippen LogP contribution is 2.66. The van der Waals surface area contributed by atoms with E-state index in [9.17, 15) is 0 Å². The van der Waals surface area contributed by atoms with Gasteiger partial charge in [0.15, 0.2) is 0 Å². The summed E-state index contributed by atoms with van der Waals surface area (Å²) in [6.07, 6.45) is 16.7. The smallest absolute Gasteiger partial charge is 0.0637 e. The Morgan fingerprint density at radius 3 is 2.00 bits per heavy atom. The fraction of sp³-hybridized carbons (Fsp3) is 1.00. The zero-order chi connectivity index (χ0) is 33.6. The maximum Gasteiger partial charge on any atom is 0.0637 e. The van der Waals surface area contributed by atoms with Gasteiger partial charge in [-0.3, -0.25) is 0 Å². The van der Waals surface area contributed by atoms with Gasteiger partial charge >= 0.3 is 0 Å². The third-order valence-corrected chi connectivity index (χ3v) is 12.8. The van der Waals surface area contributed by atoms with Crippen LogP contribution in [0.15, 0.2) is 0 Å². The normalized spacial score (nSPS) is 34.6. The molecule has 0 heterocycles. The summed E-state index contributed by atoms with van der Waals surface area (Å²) in [5.41, 5.74) is 18.1. The first-order valence-electron chi connectivity index (χ1n) is 19.7. The minimum absolute atomic E-state index is 0.136. The Labute approximate surface area is 284 Å². The molecule has 0 aromatic rings. The van der Waals surface area contributed by atoms with E-state index in [1.54, 1.807) is 0 Å². The highest BCUT2D eigenvalue weighted by Gasteiger charge is 2.63. The van der Waals surface area contributed by atoms with Gasteiger partial charge in [0.2, 0.25) is 0 Å². The van der Waals surface area contributed by atoms with Crippen LogP contribution in [0.2, 0.25) is 0 Å². The number of fused-ring (bicyclic) bond motifs is 1. The average Bonchev–Trinajstić information content (AvgIpc) is 3.40. The molecule has 0 aromatic heterocycles. The Hall–Kier alpha value is -0.280. The fourth-order valence-corrected chi connectivity index (χ4v) is 10.1. The highest BCUT2D eigenvalue weighted by molar-refractivity contribution is 5.12. The first-order valence-corrected chi connectivity index (χ1v) is 19.7.